The van der Waals surface area contributed by atoms with Gasteiger partial charge in [0.2, 0.25) is 15.9 Å². The van der Waals surface area contributed by atoms with E-state index in [1.807, 2.05) is 0 Å². The van der Waals surface area contributed by atoms with Crippen molar-refractivity contribution in [1.82, 2.24) is 9.29 Å². The summed E-state index contributed by atoms with van der Waals surface area (Å²) < 4.78 is 36.7. The first kappa shape index (κ1) is 23.0. The topological polar surface area (TPSA) is 97.8 Å². The number of hydrogen-bond acceptors (Lipinski definition) is 7. The van der Waals surface area contributed by atoms with Crippen LogP contribution in [-0.2, 0) is 14.8 Å². The highest BCUT2D eigenvalue weighted by atomic mass is 32.2. The highest BCUT2D eigenvalue weighted by Crippen LogP contribution is 2.29. The van der Waals surface area contributed by atoms with Gasteiger partial charge < -0.3 is 14.8 Å². The molecular weight excluding hydrogens is 414 g/mol. The molecule has 158 valence electrons. The molecule has 0 aliphatic carbocycles. The summed E-state index contributed by atoms with van der Waals surface area (Å²) in [5.74, 6) is 0.979. The van der Waals surface area contributed by atoms with E-state index < -0.39 is 10.0 Å². The zero-order chi connectivity index (χ0) is 21.4. The van der Waals surface area contributed by atoms with Crippen LogP contribution in [0.4, 0.5) is 5.69 Å². The number of benzene rings is 1. The Bertz CT molecular complexity index is 929. The van der Waals surface area contributed by atoms with Crippen LogP contribution in [0.1, 0.15) is 13.8 Å². The smallest absolute Gasteiger partial charge is 0.244 e. The van der Waals surface area contributed by atoms with Crippen LogP contribution in [0.5, 0.6) is 11.5 Å². The van der Waals surface area contributed by atoms with Gasteiger partial charge in [-0.05, 0) is 24.3 Å². The Morgan fingerprint density at radius 1 is 1.14 bits per heavy atom. The first-order valence-electron chi connectivity index (χ1n) is 8.96. The minimum atomic E-state index is -3.55. The molecule has 10 heteroatoms. The predicted molar refractivity (Wildman–Crippen MR) is 113 cm³/mol. The summed E-state index contributed by atoms with van der Waals surface area (Å²) in [7, 11) is -0.489. The first-order chi connectivity index (χ1) is 13.8. The van der Waals surface area contributed by atoms with Crippen molar-refractivity contribution in [2.45, 2.75) is 23.8 Å². The number of carbonyl (C=O) groups excluding carboxylic acids is 1. The average Bonchev–Trinajstić information content (AvgIpc) is 2.73. The average molecular weight is 440 g/mol. The van der Waals surface area contributed by atoms with Crippen LogP contribution in [0, 0.1) is 0 Å². The SMILES string of the molecule is CCN(CC)S(=O)(=O)c1ccc(SCC(=O)Nc2cc(OC)ccc2OC)nc1. The summed E-state index contributed by atoms with van der Waals surface area (Å²) in [6, 6.07) is 8.22. The number of anilines is 1. The molecule has 29 heavy (non-hydrogen) atoms. The number of nitrogens with zero attached hydrogens (tertiary/aromatic N) is 2. The molecule has 8 nitrogen and oxygen atoms in total. The molecule has 1 N–H and O–H groups in total. The summed E-state index contributed by atoms with van der Waals surface area (Å²) in [6.07, 6.45) is 1.32. The number of methoxy groups -OCH3 is 2. The lowest BCUT2D eigenvalue weighted by atomic mass is 10.2. The molecule has 0 aliphatic rings. The van der Waals surface area contributed by atoms with Gasteiger partial charge in [-0.25, -0.2) is 13.4 Å². The van der Waals surface area contributed by atoms with Crippen molar-refractivity contribution in [3.63, 3.8) is 0 Å². The molecule has 2 aromatic rings. The van der Waals surface area contributed by atoms with E-state index >= 15 is 0 Å². The van der Waals surface area contributed by atoms with Crippen LogP contribution < -0.4 is 14.8 Å². The van der Waals surface area contributed by atoms with E-state index in [0.717, 1.165) is 0 Å². The van der Waals surface area contributed by atoms with E-state index in [0.29, 0.717) is 35.3 Å². The van der Waals surface area contributed by atoms with Gasteiger partial charge in [-0.15, -0.1) is 0 Å². The number of nitrogens with one attached hydrogen (secondary N) is 1. The molecule has 0 unspecified atom stereocenters. The quantitative estimate of drug-likeness (QED) is 0.569. The fourth-order valence-electron chi connectivity index (χ4n) is 2.55. The molecular formula is C19H25N3O5S2. The molecule has 0 radical (unpaired) electrons. The van der Waals surface area contributed by atoms with Crippen molar-refractivity contribution in [2.75, 3.05) is 38.4 Å². The second kappa shape index (κ2) is 10.5. The van der Waals surface area contributed by atoms with E-state index in [1.165, 1.54) is 35.4 Å². The lowest BCUT2D eigenvalue weighted by molar-refractivity contribution is -0.113. The molecule has 1 aromatic heterocycles. The number of thioether (sulfide) groups is 1. The molecule has 0 aliphatic heterocycles. The number of aromatic nitrogens is 1. The third kappa shape index (κ3) is 5.84. The summed E-state index contributed by atoms with van der Waals surface area (Å²) in [6.45, 7) is 4.36. The van der Waals surface area contributed by atoms with E-state index in [9.17, 15) is 13.2 Å². The molecule has 0 bridgehead atoms. The maximum Gasteiger partial charge on any atom is 0.244 e. The molecule has 2 rings (SSSR count). The first-order valence-corrected chi connectivity index (χ1v) is 11.4. The molecule has 0 fully saturated rings. The molecule has 0 spiro atoms. The van der Waals surface area contributed by atoms with Crippen LogP contribution >= 0.6 is 11.8 Å². The number of amides is 1. The maximum atomic E-state index is 12.5. The second-order valence-corrected chi connectivity index (χ2v) is 8.76. The molecule has 0 saturated carbocycles. The van der Waals surface area contributed by atoms with Crippen molar-refractivity contribution in [1.29, 1.82) is 0 Å². The van der Waals surface area contributed by atoms with Gasteiger partial charge >= 0.3 is 0 Å². The van der Waals surface area contributed by atoms with Gasteiger partial charge in [0.25, 0.3) is 0 Å². The summed E-state index contributed by atoms with van der Waals surface area (Å²) >= 11 is 1.21. The highest BCUT2D eigenvalue weighted by molar-refractivity contribution is 7.99. The Labute approximate surface area is 175 Å². The monoisotopic (exact) mass is 439 g/mol. The molecule has 0 saturated heterocycles. The molecule has 1 aromatic carbocycles. The van der Waals surface area contributed by atoms with Crippen molar-refractivity contribution in [3.05, 3.63) is 36.5 Å². The lowest BCUT2D eigenvalue weighted by Crippen LogP contribution is -2.30. The van der Waals surface area contributed by atoms with Crippen molar-refractivity contribution in [2.24, 2.45) is 0 Å². The Kier molecular flexibility index (Phi) is 8.30. The lowest BCUT2D eigenvalue weighted by Gasteiger charge is -2.18. The summed E-state index contributed by atoms with van der Waals surface area (Å²) in [5, 5.41) is 3.33. The number of carbonyl (C=O) groups is 1. The Balaban J connectivity index is 2.01. The Morgan fingerprint density at radius 2 is 1.86 bits per heavy atom. The fourth-order valence-corrected chi connectivity index (χ4v) is 4.60. The third-order valence-electron chi connectivity index (χ3n) is 4.08. The van der Waals surface area contributed by atoms with Crippen LogP contribution in [0.25, 0.3) is 0 Å². The van der Waals surface area contributed by atoms with Crippen LogP contribution in [0.15, 0.2) is 46.5 Å². The number of ether oxygens (including phenoxy) is 2. The van der Waals surface area contributed by atoms with Gasteiger partial charge in [0.05, 0.1) is 30.7 Å². The van der Waals surface area contributed by atoms with Crippen molar-refractivity contribution < 1.29 is 22.7 Å². The van der Waals surface area contributed by atoms with Crippen molar-refractivity contribution >= 4 is 33.4 Å². The van der Waals surface area contributed by atoms with Crippen LogP contribution in [0.2, 0.25) is 0 Å². The normalized spacial score (nSPS) is 11.3. The number of sulfonamides is 1. The van der Waals surface area contributed by atoms with E-state index in [2.05, 4.69) is 10.3 Å². The van der Waals surface area contributed by atoms with Gasteiger partial charge in [-0.1, -0.05) is 25.6 Å². The maximum absolute atomic E-state index is 12.5. The van der Waals surface area contributed by atoms with E-state index in [4.69, 9.17) is 9.47 Å². The van der Waals surface area contributed by atoms with Crippen molar-refractivity contribution in [3.8, 4) is 11.5 Å². The zero-order valence-corrected chi connectivity index (χ0v) is 18.5. The molecule has 0 atom stereocenters. The van der Waals surface area contributed by atoms with Gasteiger partial charge in [0.15, 0.2) is 0 Å². The summed E-state index contributed by atoms with van der Waals surface area (Å²) in [5.41, 5.74) is 0.506. The fraction of sp³-hybridized carbons (Fsp3) is 0.368. The zero-order valence-electron chi connectivity index (χ0n) is 16.8. The predicted octanol–water partition coefficient (Wildman–Crippen LogP) is 2.86. The largest absolute Gasteiger partial charge is 0.497 e. The molecule has 1 heterocycles. The minimum absolute atomic E-state index is 0.107. The third-order valence-corrected chi connectivity index (χ3v) is 7.06. The van der Waals surface area contributed by atoms with Gasteiger partial charge in [0, 0.05) is 25.4 Å². The van der Waals surface area contributed by atoms with Crippen LogP contribution in [-0.4, -0.2) is 56.7 Å². The number of pyridine rings is 1. The highest BCUT2D eigenvalue weighted by Gasteiger charge is 2.21. The number of rotatable bonds is 10. The van der Waals surface area contributed by atoms with Gasteiger partial charge in [-0.2, -0.15) is 4.31 Å². The Morgan fingerprint density at radius 3 is 2.41 bits per heavy atom. The summed E-state index contributed by atoms with van der Waals surface area (Å²) in [4.78, 5) is 16.6. The minimum Gasteiger partial charge on any atom is -0.497 e. The second-order valence-electron chi connectivity index (χ2n) is 5.82. The van der Waals surface area contributed by atoms with Gasteiger partial charge in [0.1, 0.15) is 16.4 Å². The number of hydrogen-bond donors (Lipinski definition) is 1. The Hall–Kier alpha value is -2.30. The molecule has 1 amide bonds. The standard InChI is InChI=1S/C19H25N3O5S2/c1-5-22(6-2)29(24,25)15-8-10-19(20-12-15)28-13-18(23)21-16-11-14(26-3)7-9-17(16)27-4/h7-12H,5-6,13H2,1-4H3,(H,21,23). The van der Waals surface area contributed by atoms with Crippen LogP contribution in [0.3, 0.4) is 0 Å². The van der Waals surface area contributed by atoms with Gasteiger partial charge in [-0.3, -0.25) is 4.79 Å². The van der Waals surface area contributed by atoms with E-state index in [1.54, 1.807) is 45.2 Å². The van der Waals surface area contributed by atoms with E-state index in [-0.39, 0.29) is 16.6 Å².